The summed E-state index contributed by atoms with van der Waals surface area (Å²) in [6.07, 6.45) is 3.02. The van der Waals surface area contributed by atoms with Crippen LogP contribution in [0.5, 0.6) is 0 Å². The number of benzene rings is 2. The molecule has 2 aromatic heterocycles. The zero-order valence-corrected chi connectivity index (χ0v) is 24.4. The van der Waals surface area contributed by atoms with E-state index in [1.165, 1.54) is 6.08 Å². The van der Waals surface area contributed by atoms with Gasteiger partial charge in [0, 0.05) is 66.8 Å². The molecule has 2 aliphatic heterocycles. The molecule has 8 nitrogen and oxygen atoms in total. The molecule has 0 aliphatic carbocycles. The Balaban J connectivity index is 1.53. The predicted octanol–water partition coefficient (Wildman–Crippen LogP) is 5.00. The van der Waals surface area contributed by atoms with Gasteiger partial charge in [-0.15, -0.1) is 0 Å². The van der Waals surface area contributed by atoms with Gasteiger partial charge < -0.3 is 19.6 Å². The number of para-hydroxylation sites is 1. The smallest absolute Gasteiger partial charge is 0.246 e. The molecule has 0 spiro atoms. The first-order valence-electron chi connectivity index (χ1n) is 13.8. The van der Waals surface area contributed by atoms with Crippen LogP contribution in [0.15, 0.2) is 55.3 Å². The third-order valence-corrected chi connectivity index (χ3v) is 8.66. The minimum absolute atomic E-state index is 0.0716. The van der Waals surface area contributed by atoms with E-state index in [1.807, 2.05) is 43.0 Å². The quantitative estimate of drug-likeness (QED) is 0.311. The molecular weight excluding hydrogens is 541 g/mol. The van der Waals surface area contributed by atoms with Crippen molar-refractivity contribution in [3.05, 3.63) is 66.1 Å². The molecule has 2 aromatic carbocycles. The lowest BCUT2D eigenvalue weighted by atomic mass is 9.98. The third kappa shape index (κ3) is 4.67. The highest BCUT2D eigenvalue weighted by Gasteiger charge is 2.36. The van der Waals surface area contributed by atoms with E-state index in [4.69, 9.17) is 21.6 Å². The average Bonchev–Trinajstić information content (AvgIpc) is 2.93. The molecule has 0 N–H and O–H groups in total. The minimum Gasteiger partial charge on any atom is -0.349 e. The zero-order chi connectivity index (χ0) is 29.0. The van der Waals surface area contributed by atoms with Crippen LogP contribution >= 0.6 is 11.6 Å². The Hall–Kier alpha value is -3.82. The molecule has 10 heteroatoms. The Morgan fingerprint density at radius 1 is 1.07 bits per heavy atom. The van der Waals surface area contributed by atoms with E-state index in [0.29, 0.717) is 47.4 Å². The van der Waals surface area contributed by atoms with E-state index in [1.54, 1.807) is 18.3 Å². The van der Waals surface area contributed by atoms with Gasteiger partial charge in [-0.25, -0.2) is 9.37 Å². The first-order valence-corrected chi connectivity index (χ1v) is 14.2. The summed E-state index contributed by atoms with van der Waals surface area (Å²) in [5, 5.41) is 1.64. The summed E-state index contributed by atoms with van der Waals surface area (Å²) in [6, 6.07) is 11.4. The Bertz CT molecular complexity index is 1670. The molecule has 0 bridgehead atoms. The lowest BCUT2D eigenvalue weighted by molar-refractivity contribution is -0.128. The van der Waals surface area contributed by atoms with Gasteiger partial charge in [0.25, 0.3) is 0 Å². The van der Waals surface area contributed by atoms with Crippen molar-refractivity contribution in [2.75, 3.05) is 50.1 Å². The van der Waals surface area contributed by atoms with Crippen LogP contribution < -0.4 is 9.80 Å². The van der Waals surface area contributed by atoms with Crippen molar-refractivity contribution in [3.8, 4) is 11.1 Å². The van der Waals surface area contributed by atoms with Crippen molar-refractivity contribution in [1.82, 2.24) is 24.8 Å². The number of anilines is 2. The van der Waals surface area contributed by atoms with Crippen LogP contribution in [0.25, 0.3) is 32.9 Å². The second-order valence-electron chi connectivity index (χ2n) is 11.2. The Labute approximate surface area is 244 Å². The van der Waals surface area contributed by atoms with Crippen molar-refractivity contribution in [3.63, 3.8) is 0 Å². The van der Waals surface area contributed by atoms with Crippen LogP contribution in [-0.2, 0) is 4.79 Å². The number of amides is 1. The molecule has 41 heavy (non-hydrogen) atoms. The molecule has 2 atom stereocenters. The van der Waals surface area contributed by atoms with E-state index in [2.05, 4.69) is 40.4 Å². The van der Waals surface area contributed by atoms with Crippen LogP contribution in [-0.4, -0.2) is 89.1 Å². The normalized spacial score (nSPS) is 19.7. The number of hydrogen-bond acceptors (Lipinski definition) is 7. The molecule has 1 amide bonds. The van der Waals surface area contributed by atoms with Crippen LogP contribution in [0, 0.1) is 5.82 Å². The van der Waals surface area contributed by atoms with E-state index in [-0.39, 0.29) is 28.5 Å². The molecule has 0 radical (unpaired) electrons. The molecule has 4 aromatic rings. The number of hydrogen-bond donors (Lipinski definition) is 0. The minimum atomic E-state index is -0.486. The van der Waals surface area contributed by atoms with Crippen molar-refractivity contribution in [2.45, 2.75) is 32.0 Å². The van der Waals surface area contributed by atoms with Crippen molar-refractivity contribution < 1.29 is 9.18 Å². The lowest BCUT2D eigenvalue weighted by Crippen LogP contribution is -2.59. The van der Waals surface area contributed by atoms with Crippen molar-refractivity contribution in [1.29, 1.82) is 0 Å². The maximum Gasteiger partial charge on any atom is 0.246 e. The number of nitrogens with zero attached hydrogens (tertiary/aromatic N) is 7. The summed E-state index contributed by atoms with van der Waals surface area (Å²) >= 11 is 6.88. The Morgan fingerprint density at radius 2 is 1.83 bits per heavy atom. The molecule has 2 fully saturated rings. The number of aromatic nitrogens is 3. The fourth-order valence-electron chi connectivity index (χ4n) is 5.88. The summed E-state index contributed by atoms with van der Waals surface area (Å²) in [7, 11) is 4.10. The van der Waals surface area contributed by atoms with Gasteiger partial charge in [0.05, 0.1) is 10.5 Å². The van der Waals surface area contributed by atoms with Crippen LogP contribution in [0.3, 0.4) is 0 Å². The SMILES string of the molecule is C=CC(=O)N1C[C@H](C)N(c2nc(N3CC(N(C)C)C3)nc3c(F)c(-c4ccnc5ccccc45)c(Cl)cc23)C[C@H]1C. The summed E-state index contributed by atoms with van der Waals surface area (Å²) < 4.78 is 16.7. The topological polar surface area (TPSA) is 68.7 Å². The molecule has 0 saturated carbocycles. The van der Waals surface area contributed by atoms with E-state index >= 15 is 4.39 Å². The van der Waals surface area contributed by atoms with Crippen LogP contribution in [0.1, 0.15) is 13.8 Å². The molecule has 2 saturated heterocycles. The highest BCUT2D eigenvalue weighted by Crippen LogP contribution is 2.41. The van der Waals surface area contributed by atoms with Gasteiger partial charge in [-0.2, -0.15) is 4.98 Å². The monoisotopic (exact) mass is 573 g/mol. The summed E-state index contributed by atoms with van der Waals surface area (Å²) in [4.78, 5) is 34.9. The lowest BCUT2D eigenvalue weighted by Gasteiger charge is -2.45. The van der Waals surface area contributed by atoms with Crippen molar-refractivity contribution >= 4 is 51.1 Å². The summed E-state index contributed by atoms with van der Waals surface area (Å²) in [5.74, 6) is 0.521. The Morgan fingerprint density at radius 3 is 2.56 bits per heavy atom. The number of pyridine rings is 1. The predicted molar refractivity (Wildman–Crippen MR) is 163 cm³/mol. The first-order chi connectivity index (χ1) is 19.7. The summed E-state index contributed by atoms with van der Waals surface area (Å²) in [5.41, 5.74) is 1.94. The molecule has 4 heterocycles. The highest BCUT2D eigenvalue weighted by atomic mass is 35.5. The third-order valence-electron chi connectivity index (χ3n) is 8.36. The molecule has 2 aliphatic rings. The average molecular weight is 574 g/mol. The molecule has 212 valence electrons. The van der Waals surface area contributed by atoms with E-state index in [9.17, 15) is 4.79 Å². The van der Waals surface area contributed by atoms with Gasteiger partial charge in [-0.05, 0) is 57.8 Å². The molecule has 0 unspecified atom stereocenters. The first kappa shape index (κ1) is 27.4. The number of piperazine rings is 1. The van der Waals surface area contributed by atoms with Gasteiger partial charge in [0.1, 0.15) is 11.3 Å². The highest BCUT2D eigenvalue weighted by molar-refractivity contribution is 6.35. The standard InChI is InChI=1S/C31H33ClFN7O/c1-6-26(41)39-14-19(3)40(15-18(39)2)30-23-13-24(32)27(22-11-12-34-25-10-8-7-9-21(22)25)28(33)29(23)35-31(36-30)38-16-20(17-38)37(4)5/h6-13,18-20H,1,14-17H2,2-5H3/t18-,19+/m1/s1. The van der Waals surface area contributed by atoms with E-state index in [0.717, 1.165) is 24.0 Å². The number of carbonyl (C=O) groups is 1. The van der Waals surface area contributed by atoms with Gasteiger partial charge in [-0.3, -0.25) is 9.78 Å². The number of fused-ring (bicyclic) bond motifs is 2. The largest absolute Gasteiger partial charge is 0.349 e. The second-order valence-corrected chi connectivity index (χ2v) is 11.6. The fourth-order valence-corrected chi connectivity index (χ4v) is 6.17. The maximum absolute atomic E-state index is 16.7. The zero-order valence-electron chi connectivity index (χ0n) is 23.7. The van der Waals surface area contributed by atoms with Gasteiger partial charge >= 0.3 is 0 Å². The maximum atomic E-state index is 16.7. The number of likely N-dealkylation sites (N-methyl/N-ethyl adjacent to an activating group) is 1. The van der Waals surface area contributed by atoms with Gasteiger partial charge in [0.2, 0.25) is 11.9 Å². The Kier molecular flexibility index (Phi) is 7.03. The van der Waals surface area contributed by atoms with Crippen molar-refractivity contribution in [2.24, 2.45) is 0 Å². The second kappa shape index (κ2) is 10.5. The number of halogens is 2. The summed E-state index contributed by atoms with van der Waals surface area (Å²) in [6.45, 7) is 10.2. The number of carbonyl (C=O) groups excluding carboxylic acids is 1. The van der Waals surface area contributed by atoms with Gasteiger partial charge in [-0.1, -0.05) is 36.4 Å². The van der Waals surface area contributed by atoms with Crippen LogP contribution in [0.2, 0.25) is 5.02 Å². The fraction of sp³-hybridized carbons (Fsp3) is 0.355. The molecule has 6 rings (SSSR count). The molecular formula is C31H33ClFN7O. The van der Waals surface area contributed by atoms with Crippen LogP contribution in [0.4, 0.5) is 16.2 Å². The van der Waals surface area contributed by atoms with Gasteiger partial charge in [0.15, 0.2) is 5.82 Å². The van der Waals surface area contributed by atoms with E-state index < -0.39 is 5.82 Å². The number of rotatable bonds is 5.